The van der Waals surface area contributed by atoms with Crippen LogP contribution in [0.15, 0.2) is 42.5 Å². The molecule has 5 nitrogen and oxygen atoms in total. The van der Waals surface area contributed by atoms with Gasteiger partial charge in [0.15, 0.2) is 0 Å². The molecular formula is C15H15NO4. The zero-order chi connectivity index (χ0) is 14.5. The second kappa shape index (κ2) is 5.97. The first kappa shape index (κ1) is 13.7. The van der Waals surface area contributed by atoms with E-state index >= 15 is 0 Å². The lowest BCUT2D eigenvalue weighted by Gasteiger charge is -2.14. The van der Waals surface area contributed by atoms with Crippen LogP contribution in [0.2, 0.25) is 0 Å². The SMILES string of the molecule is COC(=O)c1c(OC)cccc1Oc1ccccc1N. The summed E-state index contributed by atoms with van der Waals surface area (Å²) in [5.41, 5.74) is 6.53. The lowest BCUT2D eigenvalue weighted by molar-refractivity contribution is 0.0594. The van der Waals surface area contributed by atoms with Crippen LogP contribution in [0.3, 0.4) is 0 Å². The number of hydrogen-bond donors (Lipinski definition) is 1. The molecule has 20 heavy (non-hydrogen) atoms. The van der Waals surface area contributed by atoms with E-state index in [0.717, 1.165) is 0 Å². The molecule has 2 aromatic carbocycles. The van der Waals surface area contributed by atoms with Gasteiger partial charge in [-0.1, -0.05) is 18.2 Å². The fraction of sp³-hybridized carbons (Fsp3) is 0.133. The summed E-state index contributed by atoms with van der Waals surface area (Å²) in [6.45, 7) is 0. The van der Waals surface area contributed by atoms with Crippen molar-refractivity contribution < 1.29 is 19.0 Å². The molecule has 2 aromatic rings. The number of rotatable bonds is 4. The zero-order valence-corrected chi connectivity index (χ0v) is 11.3. The molecule has 0 bridgehead atoms. The van der Waals surface area contributed by atoms with Crippen molar-refractivity contribution in [1.82, 2.24) is 0 Å². The molecule has 0 spiro atoms. The highest BCUT2D eigenvalue weighted by atomic mass is 16.5. The summed E-state index contributed by atoms with van der Waals surface area (Å²) < 4.78 is 15.6. The van der Waals surface area contributed by atoms with Gasteiger partial charge >= 0.3 is 5.97 Å². The molecule has 2 rings (SSSR count). The number of nitrogens with two attached hydrogens (primary N) is 1. The van der Waals surface area contributed by atoms with E-state index in [0.29, 0.717) is 22.9 Å². The van der Waals surface area contributed by atoms with Crippen molar-refractivity contribution in [3.63, 3.8) is 0 Å². The normalized spacial score (nSPS) is 9.90. The number of methoxy groups -OCH3 is 2. The maximum atomic E-state index is 11.9. The van der Waals surface area contributed by atoms with Gasteiger partial charge < -0.3 is 19.9 Å². The maximum Gasteiger partial charge on any atom is 0.345 e. The average molecular weight is 273 g/mol. The molecule has 0 aromatic heterocycles. The molecule has 0 aliphatic rings. The Balaban J connectivity index is 2.46. The summed E-state index contributed by atoms with van der Waals surface area (Å²) in [5.74, 6) is 0.635. The molecule has 0 amide bonds. The van der Waals surface area contributed by atoms with Gasteiger partial charge in [0, 0.05) is 0 Å². The van der Waals surface area contributed by atoms with Gasteiger partial charge in [0.05, 0.1) is 19.9 Å². The second-order valence-corrected chi connectivity index (χ2v) is 3.96. The third kappa shape index (κ3) is 2.66. The van der Waals surface area contributed by atoms with Gasteiger partial charge in [0.1, 0.15) is 22.8 Å². The van der Waals surface area contributed by atoms with E-state index in [-0.39, 0.29) is 5.56 Å². The Morgan fingerprint density at radius 2 is 1.60 bits per heavy atom. The minimum atomic E-state index is -0.535. The monoisotopic (exact) mass is 273 g/mol. The number of esters is 1. The Kier molecular flexibility index (Phi) is 4.10. The van der Waals surface area contributed by atoms with E-state index in [1.165, 1.54) is 14.2 Å². The van der Waals surface area contributed by atoms with E-state index < -0.39 is 5.97 Å². The molecule has 0 aliphatic heterocycles. The van der Waals surface area contributed by atoms with Crippen molar-refractivity contribution >= 4 is 11.7 Å². The van der Waals surface area contributed by atoms with E-state index in [4.69, 9.17) is 19.9 Å². The molecule has 0 saturated heterocycles. The Morgan fingerprint density at radius 3 is 2.25 bits per heavy atom. The standard InChI is InChI=1S/C15H15NO4/c1-18-12-8-5-9-13(14(12)15(17)19-2)20-11-7-4-3-6-10(11)16/h3-9H,16H2,1-2H3. The third-order valence-corrected chi connectivity index (χ3v) is 2.74. The molecule has 5 heteroatoms. The van der Waals surface area contributed by atoms with E-state index in [1.807, 2.05) is 0 Å². The minimum absolute atomic E-state index is 0.223. The summed E-state index contributed by atoms with van der Waals surface area (Å²) in [7, 11) is 2.78. The van der Waals surface area contributed by atoms with Crippen molar-refractivity contribution in [2.75, 3.05) is 20.0 Å². The number of nitrogen functional groups attached to an aromatic ring is 1. The first-order valence-corrected chi connectivity index (χ1v) is 5.95. The Hall–Kier alpha value is -2.69. The summed E-state index contributed by atoms with van der Waals surface area (Å²) in [6, 6.07) is 12.1. The summed E-state index contributed by atoms with van der Waals surface area (Å²) in [4.78, 5) is 11.9. The van der Waals surface area contributed by atoms with Crippen molar-refractivity contribution in [2.45, 2.75) is 0 Å². The Labute approximate surface area is 116 Å². The molecule has 0 saturated carbocycles. The average Bonchev–Trinajstić information content (AvgIpc) is 2.48. The van der Waals surface area contributed by atoms with Crippen LogP contribution in [0.25, 0.3) is 0 Å². The number of anilines is 1. The quantitative estimate of drug-likeness (QED) is 0.685. The fourth-order valence-corrected chi connectivity index (χ4v) is 1.76. The van der Waals surface area contributed by atoms with Crippen molar-refractivity contribution in [1.29, 1.82) is 0 Å². The highest BCUT2D eigenvalue weighted by molar-refractivity contribution is 5.95. The van der Waals surface area contributed by atoms with Crippen LogP contribution in [0.1, 0.15) is 10.4 Å². The molecule has 0 heterocycles. The molecule has 0 unspecified atom stereocenters. The minimum Gasteiger partial charge on any atom is -0.496 e. The van der Waals surface area contributed by atoms with E-state index in [1.54, 1.807) is 42.5 Å². The number of carbonyl (C=O) groups is 1. The van der Waals surface area contributed by atoms with Crippen LogP contribution in [0, 0.1) is 0 Å². The van der Waals surface area contributed by atoms with E-state index in [9.17, 15) is 4.79 Å². The molecule has 2 N–H and O–H groups in total. The predicted octanol–water partition coefficient (Wildman–Crippen LogP) is 2.86. The van der Waals surface area contributed by atoms with Crippen LogP contribution in [0.4, 0.5) is 5.69 Å². The zero-order valence-electron chi connectivity index (χ0n) is 11.3. The number of benzene rings is 2. The van der Waals surface area contributed by atoms with Crippen molar-refractivity contribution in [2.24, 2.45) is 0 Å². The van der Waals surface area contributed by atoms with Gasteiger partial charge in [-0.25, -0.2) is 4.79 Å². The maximum absolute atomic E-state index is 11.9. The summed E-state index contributed by atoms with van der Waals surface area (Å²) >= 11 is 0. The molecule has 104 valence electrons. The van der Waals surface area contributed by atoms with Crippen LogP contribution in [-0.2, 0) is 4.74 Å². The first-order chi connectivity index (χ1) is 9.67. The summed E-state index contributed by atoms with van der Waals surface area (Å²) in [5, 5.41) is 0. The first-order valence-electron chi connectivity index (χ1n) is 5.95. The van der Waals surface area contributed by atoms with E-state index in [2.05, 4.69) is 0 Å². The van der Waals surface area contributed by atoms with Gasteiger partial charge in [-0.15, -0.1) is 0 Å². The fourth-order valence-electron chi connectivity index (χ4n) is 1.76. The Bertz CT molecular complexity index is 625. The van der Waals surface area contributed by atoms with Crippen LogP contribution < -0.4 is 15.2 Å². The van der Waals surface area contributed by atoms with Gasteiger partial charge in [-0.2, -0.15) is 0 Å². The largest absolute Gasteiger partial charge is 0.496 e. The smallest absolute Gasteiger partial charge is 0.345 e. The van der Waals surface area contributed by atoms with Crippen LogP contribution >= 0.6 is 0 Å². The topological polar surface area (TPSA) is 70.8 Å². The second-order valence-electron chi connectivity index (χ2n) is 3.96. The molecule has 0 atom stereocenters. The molecule has 0 fully saturated rings. The van der Waals surface area contributed by atoms with Crippen molar-refractivity contribution in [3.05, 3.63) is 48.0 Å². The third-order valence-electron chi connectivity index (χ3n) is 2.74. The lowest BCUT2D eigenvalue weighted by atomic mass is 10.1. The number of ether oxygens (including phenoxy) is 3. The highest BCUT2D eigenvalue weighted by Crippen LogP contribution is 2.34. The number of hydrogen-bond acceptors (Lipinski definition) is 5. The Morgan fingerprint density at radius 1 is 0.950 bits per heavy atom. The number of para-hydroxylation sites is 2. The predicted molar refractivity (Wildman–Crippen MR) is 75.3 cm³/mol. The van der Waals surface area contributed by atoms with Gasteiger partial charge in [-0.3, -0.25) is 0 Å². The van der Waals surface area contributed by atoms with Gasteiger partial charge in [-0.05, 0) is 24.3 Å². The van der Waals surface area contributed by atoms with Crippen LogP contribution in [0.5, 0.6) is 17.2 Å². The van der Waals surface area contributed by atoms with Gasteiger partial charge in [0.25, 0.3) is 0 Å². The van der Waals surface area contributed by atoms with Crippen molar-refractivity contribution in [3.8, 4) is 17.2 Å². The highest BCUT2D eigenvalue weighted by Gasteiger charge is 2.20. The van der Waals surface area contributed by atoms with Gasteiger partial charge in [0.2, 0.25) is 0 Å². The molecule has 0 aliphatic carbocycles. The molecule has 0 radical (unpaired) electrons. The lowest BCUT2D eigenvalue weighted by Crippen LogP contribution is -2.06. The molecular weight excluding hydrogens is 258 g/mol. The summed E-state index contributed by atoms with van der Waals surface area (Å²) in [6.07, 6.45) is 0. The number of carbonyl (C=O) groups excluding carboxylic acids is 1. The van der Waals surface area contributed by atoms with Crippen LogP contribution in [-0.4, -0.2) is 20.2 Å².